The Bertz CT molecular complexity index is 954. The number of aliphatic hydroxyl groups excluding tert-OH is 1. The van der Waals surface area contributed by atoms with Gasteiger partial charge in [-0.05, 0) is 48.9 Å². The fraction of sp³-hybridized carbons (Fsp3) is 0.300. The van der Waals surface area contributed by atoms with Crippen LogP contribution in [-0.4, -0.2) is 57.7 Å². The van der Waals surface area contributed by atoms with Crippen LogP contribution in [0.15, 0.2) is 48.8 Å². The second-order valence-electron chi connectivity index (χ2n) is 6.71. The van der Waals surface area contributed by atoms with E-state index in [1.54, 1.807) is 6.33 Å². The highest BCUT2D eigenvalue weighted by molar-refractivity contribution is 6.30. The summed E-state index contributed by atoms with van der Waals surface area (Å²) in [5.74, 6) is 0.0223. The molecule has 0 aliphatic carbocycles. The van der Waals surface area contributed by atoms with E-state index in [2.05, 4.69) is 10.3 Å². The zero-order valence-corrected chi connectivity index (χ0v) is 15.6. The number of halogens is 1. The molecular formula is C20H21ClN4O2. The highest BCUT2D eigenvalue weighted by Gasteiger charge is 2.26. The van der Waals surface area contributed by atoms with E-state index in [-0.39, 0.29) is 18.6 Å². The molecule has 140 valence electrons. The number of fused-ring (bicyclic) bond motifs is 1. The van der Waals surface area contributed by atoms with Crippen LogP contribution in [0.3, 0.4) is 0 Å². The lowest BCUT2D eigenvalue weighted by Gasteiger charge is -2.17. The predicted octanol–water partition coefficient (Wildman–Crippen LogP) is 2.48. The van der Waals surface area contributed by atoms with Gasteiger partial charge in [-0.25, -0.2) is 4.98 Å². The number of imidazole rings is 1. The van der Waals surface area contributed by atoms with Crippen LogP contribution >= 0.6 is 11.6 Å². The van der Waals surface area contributed by atoms with Crippen molar-refractivity contribution in [2.75, 3.05) is 26.2 Å². The molecule has 2 heterocycles. The summed E-state index contributed by atoms with van der Waals surface area (Å²) >= 11 is 5.98. The molecule has 2 aromatic carbocycles. The Labute approximate surface area is 162 Å². The number of amides is 1. The number of likely N-dealkylation sites (tertiary alicyclic amines) is 1. The standard InChI is InChI=1S/C20H21ClN4O2/c21-15-2-4-17(5-3-15)25-13-23-18-6-1-14(11-19(18)25)20(27)24-9-7-16(12-24)22-8-10-26/h1-6,11,13,16,22,26H,7-10,12H2. The van der Waals surface area contributed by atoms with Gasteiger partial charge in [0, 0.05) is 41.9 Å². The Hall–Kier alpha value is -2.41. The number of rotatable bonds is 5. The molecule has 1 amide bonds. The third kappa shape index (κ3) is 3.69. The SMILES string of the molecule is O=C(c1ccc2ncn(-c3ccc(Cl)cc3)c2c1)N1CCC(NCCO)C1. The third-order valence-electron chi connectivity index (χ3n) is 4.92. The van der Waals surface area contributed by atoms with Crippen molar-refractivity contribution >= 4 is 28.5 Å². The number of nitrogens with one attached hydrogen (secondary N) is 1. The van der Waals surface area contributed by atoms with E-state index in [9.17, 15) is 4.79 Å². The van der Waals surface area contributed by atoms with Crippen molar-refractivity contribution in [3.63, 3.8) is 0 Å². The fourth-order valence-electron chi connectivity index (χ4n) is 3.51. The van der Waals surface area contributed by atoms with Crippen molar-refractivity contribution in [2.24, 2.45) is 0 Å². The van der Waals surface area contributed by atoms with E-state index in [0.29, 0.717) is 23.7 Å². The van der Waals surface area contributed by atoms with Gasteiger partial charge < -0.3 is 15.3 Å². The van der Waals surface area contributed by atoms with E-state index in [4.69, 9.17) is 16.7 Å². The van der Waals surface area contributed by atoms with Gasteiger partial charge in [0.1, 0.15) is 6.33 Å². The highest BCUT2D eigenvalue weighted by Crippen LogP contribution is 2.22. The lowest BCUT2D eigenvalue weighted by atomic mass is 10.1. The Kier molecular flexibility index (Phi) is 5.11. The molecule has 1 saturated heterocycles. The van der Waals surface area contributed by atoms with Gasteiger partial charge in [0.2, 0.25) is 0 Å². The minimum absolute atomic E-state index is 0.0223. The van der Waals surface area contributed by atoms with E-state index < -0.39 is 0 Å². The Morgan fingerprint density at radius 2 is 2.07 bits per heavy atom. The van der Waals surface area contributed by atoms with Crippen molar-refractivity contribution in [1.82, 2.24) is 19.8 Å². The van der Waals surface area contributed by atoms with Gasteiger partial charge in [0.05, 0.1) is 17.6 Å². The maximum Gasteiger partial charge on any atom is 0.253 e. The number of carbonyl (C=O) groups excluding carboxylic acids is 1. The summed E-state index contributed by atoms with van der Waals surface area (Å²) in [7, 11) is 0. The molecule has 1 aromatic heterocycles. The maximum absolute atomic E-state index is 12.9. The number of aromatic nitrogens is 2. The molecule has 1 unspecified atom stereocenters. The molecule has 0 spiro atoms. The van der Waals surface area contributed by atoms with Gasteiger partial charge in [-0.15, -0.1) is 0 Å². The third-order valence-corrected chi connectivity index (χ3v) is 5.17. The molecular weight excluding hydrogens is 364 g/mol. The van der Waals surface area contributed by atoms with Gasteiger partial charge in [-0.3, -0.25) is 9.36 Å². The number of hydrogen-bond donors (Lipinski definition) is 2. The lowest BCUT2D eigenvalue weighted by Crippen LogP contribution is -2.36. The zero-order valence-electron chi connectivity index (χ0n) is 14.8. The van der Waals surface area contributed by atoms with Crippen LogP contribution in [-0.2, 0) is 0 Å². The van der Waals surface area contributed by atoms with Crippen LogP contribution < -0.4 is 5.32 Å². The van der Waals surface area contributed by atoms with Crippen LogP contribution in [0.1, 0.15) is 16.8 Å². The van der Waals surface area contributed by atoms with Crippen molar-refractivity contribution in [3.8, 4) is 5.69 Å². The van der Waals surface area contributed by atoms with Crippen LogP contribution in [0, 0.1) is 0 Å². The van der Waals surface area contributed by atoms with Gasteiger partial charge in [-0.1, -0.05) is 11.6 Å². The van der Waals surface area contributed by atoms with Gasteiger partial charge in [-0.2, -0.15) is 0 Å². The summed E-state index contributed by atoms with van der Waals surface area (Å²) < 4.78 is 1.96. The van der Waals surface area contributed by atoms with Crippen LogP contribution in [0.2, 0.25) is 5.02 Å². The average molecular weight is 385 g/mol. The summed E-state index contributed by atoms with van der Waals surface area (Å²) in [6.07, 6.45) is 2.66. The van der Waals surface area contributed by atoms with Crippen LogP contribution in [0.25, 0.3) is 16.7 Å². The van der Waals surface area contributed by atoms with Crippen LogP contribution in [0.4, 0.5) is 0 Å². The van der Waals surface area contributed by atoms with E-state index in [0.717, 1.165) is 29.7 Å². The average Bonchev–Trinajstić information content (AvgIpc) is 3.33. The number of benzene rings is 2. The minimum Gasteiger partial charge on any atom is -0.395 e. The summed E-state index contributed by atoms with van der Waals surface area (Å²) in [4.78, 5) is 19.2. The predicted molar refractivity (Wildman–Crippen MR) is 105 cm³/mol. The molecule has 0 bridgehead atoms. The molecule has 0 radical (unpaired) electrons. The number of aliphatic hydroxyl groups is 1. The molecule has 6 nitrogen and oxygen atoms in total. The largest absolute Gasteiger partial charge is 0.395 e. The first-order valence-corrected chi connectivity index (χ1v) is 9.40. The fourth-order valence-corrected chi connectivity index (χ4v) is 3.64. The summed E-state index contributed by atoms with van der Waals surface area (Å²) in [6, 6.07) is 13.4. The molecule has 4 rings (SSSR count). The van der Waals surface area contributed by atoms with Crippen molar-refractivity contribution in [2.45, 2.75) is 12.5 Å². The van der Waals surface area contributed by atoms with E-state index in [1.165, 1.54) is 0 Å². The van der Waals surface area contributed by atoms with Crippen molar-refractivity contribution in [3.05, 3.63) is 59.4 Å². The normalized spacial score (nSPS) is 17.0. The molecule has 1 aliphatic heterocycles. The second-order valence-corrected chi connectivity index (χ2v) is 7.15. The second kappa shape index (κ2) is 7.68. The number of nitrogens with zero attached hydrogens (tertiary/aromatic N) is 3. The molecule has 3 aromatic rings. The minimum atomic E-state index is 0.0223. The first-order chi connectivity index (χ1) is 13.2. The van der Waals surface area contributed by atoms with Gasteiger partial charge >= 0.3 is 0 Å². The molecule has 1 aliphatic rings. The first-order valence-electron chi connectivity index (χ1n) is 9.02. The van der Waals surface area contributed by atoms with Crippen LogP contribution in [0.5, 0.6) is 0 Å². The highest BCUT2D eigenvalue weighted by atomic mass is 35.5. The number of carbonyl (C=O) groups is 1. The Balaban J connectivity index is 1.59. The molecule has 0 saturated carbocycles. The van der Waals surface area contributed by atoms with E-state index >= 15 is 0 Å². The van der Waals surface area contributed by atoms with Gasteiger partial charge in [0.25, 0.3) is 5.91 Å². The summed E-state index contributed by atoms with van der Waals surface area (Å²) in [5.41, 5.74) is 3.32. The van der Waals surface area contributed by atoms with Gasteiger partial charge in [0.15, 0.2) is 0 Å². The molecule has 7 heteroatoms. The molecule has 1 fully saturated rings. The first kappa shape index (κ1) is 18.0. The van der Waals surface area contributed by atoms with E-state index in [1.807, 2.05) is 51.9 Å². The quantitative estimate of drug-likeness (QED) is 0.709. The summed E-state index contributed by atoms with van der Waals surface area (Å²) in [5, 5.41) is 12.9. The smallest absolute Gasteiger partial charge is 0.253 e. The topological polar surface area (TPSA) is 70.4 Å². The maximum atomic E-state index is 12.9. The monoisotopic (exact) mass is 384 g/mol. The van der Waals surface area contributed by atoms with Crippen molar-refractivity contribution < 1.29 is 9.90 Å². The Morgan fingerprint density at radius 1 is 1.26 bits per heavy atom. The molecule has 2 N–H and O–H groups in total. The number of hydrogen-bond acceptors (Lipinski definition) is 4. The Morgan fingerprint density at radius 3 is 2.85 bits per heavy atom. The lowest BCUT2D eigenvalue weighted by molar-refractivity contribution is 0.0789. The van der Waals surface area contributed by atoms with Crippen molar-refractivity contribution in [1.29, 1.82) is 0 Å². The molecule has 1 atom stereocenters. The zero-order chi connectivity index (χ0) is 18.8. The molecule has 27 heavy (non-hydrogen) atoms. The summed E-state index contributed by atoms with van der Waals surface area (Å²) in [6.45, 7) is 2.04.